The molecule has 2 aliphatic rings. The van der Waals surface area contributed by atoms with Crippen molar-refractivity contribution in [2.24, 2.45) is 0 Å². The van der Waals surface area contributed by atoms with E-state index < -0.39 is 0 Å². The SMILES string of the molecule is CC(C)c1noc(CN2CCN(c3ccc(N4CCCCC4)nn3)CC2)n1. The molecular formula is C19H29N7O. The van der Waals surface area contributed by atoms with Crippen molar-refractivity contribution in [3.8, 4) is 0 Å². The van der Waals surface area contributed by atoms with E-state index in [1.54, 1.807) is 0 Å². The maximum absolute atomic E-state index is 5.37. The van der Waals surface area contributed by atoms with Gasteiger partial charge >= 0.3 is 0 Å². The Kier molecular flexibility index (Phi) is 5.52. The van der Waals surface area contributed by atoms with Gasteiger partial charge in [-0.2, -0.15) is 4.98 Å². The second-order valence-electron chi connectivity index (χ2n) is 7.76. The summed E-state index contributed by atoms with van der Waals surface area (Å²) in [5.74, 6) is 3.76. The highest BCUT2D eigenvalue weighted by atomic mass is 16.5. The van der Waals surface area contributed by atoms with E-state index >= 15 is 0 Å². The zero-order valence-corrected chi connectivity index (χ0v) is 16.3. The fraction of sp³-hybridized carbons (Fsp3) is 0.684. The third-order valence-electron chi connectivity index (χ3n) is 5.37. The van der Waals surface area contributed by atoms with Gasteiger partial charge in [-0.1, -0.05) is 19.0 Å². The van der Waals surface area contributed by atoms with Crippen LogP contribution in [0.5, 0.6) is 0 Å². The first-order chi connectivity index (χ1) is 13.2. The average molecular weight is 371 g/mol. The zero-order valence-electron chi connectivity index (χ0n) is 16.3. The molecule has 0 unspecified atom stereocenters. The van der Waals surface area contributed by atoms with Crippen LogP contribution in [-0.2, 0) is 6.54 Å². The quantitative estimate of drug-likeness (QED) is 0.793. The Labute approximate surface area is 160 Å². The number of nitrogens with zero attached hydrogens (tertiary/aromatic N) is 7. The van der Waals surface area contributed by atoms with Gasteiger partial charge in [-0.25, -0.2) is 0 Å². The largest absolute Gasteiger partial charge is 0.355 e. The molecular weight excluding hydrogens is 342 g/mol. The van der Waals surface area contributed by atoms with Gasteiger partial charge in [0.2, 0.25) is 5.89 Å². The van der Waals surface area contributed by atoms with E-state index in [-0.39, 0.29) is 0 Å². The highest BCUT2D eigenvalue weighted by molar-refractivity contribution is 5.45. The number of hydrogen-bond donors (Lipinski definition) is 0. The van der Waals surface area contributed by atoms with Gasteiger partial charge in [0.05, 0.1) is 6.54 Å². The monoisotopic (exact) mass is 371 g/mol. The summed E-state index contributed by atoms with van der Waals surface area (Å²) < 4.78 is 5.37. The summed E-state index contributed by atoms with van der Waals surface area (Å²) in [6.07, 6.45) is 3.84. The molecule has 2 aromatic heterocycles. The van der Waals surface area contributed by atoms with Crippen molar-refractivity contribution in [2.45, 2.75) is 45.6 Å². The Balaban J connectivity index is 1.29. The average Bonchev–Trinajstić information content (AvgIpc) is 3.18. The predicted octanol–water partition coefficient (Wildman–Crippen LogP) is 2.30. The number of rotatable bonds is 5. The topological polar surface area (TPSA) is 74.4 Å². The van der Waals surface area contributed by atoms with Crippen LogP contribution in [0.3, 0.4) is 0 Å². The summed E-state index contributed by atoms with van der Waals surface area (Å²) >= 11 is 0. The van der Waals surface area contributed by atoms with Crippen LogP contribution >= 0.6 is 0 Å². The molecule has 146 valence electrons. The molecule has 0 aromatic carbocycles. The zero-order chi connectivity index (χ0) is 18.6. The van der Waals surface area contributed by atoms with Crippen molar-refractivity contribution in [3.05, 3.63) is 23.8 Å². The summed E-state index contributed by atoms with van der Waals surface area (Å²) in [4.78, 5) is 11.5. The number of piperidine rings is 1. The van der Waals surface area contributed by atoms with Gasteiger partial charge in [0.15, 0.2) is 17.5 Å². The van der Waals surface area contributed by atoms with Crippen LogP contribution < -0.4 is 9.80 Å². The lowest BCUT2D eigenvalue weighted by atomic mass is 10.1. The van der Waals surface area contributed by atoms with Gasteiger partial charge < -0.3 is 14.3 Å². The molecule has 0 bridgehead atoms. The van der Waals surface area contributed by atoms with E-state index in [2.05, 4.69) is 61.0 Å². The van der Waals surface area contributed by atoms with E-state index in [4.69, 9.17) is 4.52 Å². The van der Waals surface area contributed by atoms with Gasteiger partial charge in [-0.3, -0.25) is 4.90 Å². The second kappa shape index (κ2) is 8.21. The van der Waals surface area contributed by atoms with Crippen LogP contribution in [0.2, 0.25) is 0 Å². The predicted molar refractivity (Wildman–Crippen MR) is 104 cm³/mol. The molecule has 0 amide bonds. The van der Waals surface area contributed by atoms with Crippen molar-refractivity contribution in [1.29, 1.82) is 0 Å². The van der Waals surface area contributed by atoms with Crippen LogP contribution in [0, 0.1) is 0 Å². The van der Waals surface area contributed by atoms with Gasteiger partial charge in [-0.15, -0.1) is 10.2 Å². The summed E-state index contributed by atoms with van der Waals surface area (Å²) in [6.45, 7) is 10.8. The van der Waals surface area contributed by atoms with Crippen molar-refractivity contribution in [1.82, 2.24) is 25.2 Å². The summed E-state index contributed by atoms with van der Waals surface area (Å²) in [5.41, 5.74) is 0. The molecule has 4 heterocycles. The number of piperazine rings is 1. The van der Waals surface area contributed by atoms with E-state index in [0.717, 1.165) is 56.7 Å². The first-order valence-corrected chi connectivity index (χ1v) is 10.1. The molecule has 8 nitrogen and oxygen atoms in total. The van der Waals surface area contributed by atoms with Crippen molar-refractivity contribution in [3.63, 3.8) is 0 Å². The third-order valence-corrected chi connectivity index (χ3v) is 5.37. The van der Waals surface area contributed by atoms with E-state index in [9.17, 15) is 0 Å². The van der Waals surface area contributed by atoms with E-state index in [1.165, 1.54) is 19.3 Å². The van der Waals surface area contributed by atoms with Crippen LogP contribution in [0.25, 0.3) is 0 Å². The smallest absolute Gasteiger partial charge is 0.240 e. The molecule has 0 spiro atoms. The molecule has 2 fully saturated rings. The highest BCUT2D eigenvalue weighted by Crippen LogP contribution is 2.20. The van der Waals surface area contributed by atoms with Crippen molar-refractivity contribution >= 4 is 11.6 Å². The summed E-state index contributed by atoms with van der Waals surface area (Å²) in [7, 11) is 0. The fourth-order valence-corrected chi connectivity index (χ4v) is 3.67. The molecule has 27 heavy (non-hydrogen) atoms. The third kappa shape index (κ3) is 4.37. The van der Waals surface area contributed by atoms with Crippen LogP contribution in [0.1, 0.15) is 50.7 Å². The lowest BCUT2D eigenvalue weighted by Gasteiger charge is -2.34. The van der Waals surface area contributed by atoms with E-state index in [1.807, 2.05) is 0 Å². The van der Waals surface area contributed by atoms with Crippen LogP contribution in [-0.4, -0.2) is 64.5 Å². The molecule has 2 aromatic rings. The highest BCUT2D eigenvalue weighted by Gasteiger charge is 2.21. The van der Waals surface area contributed by atoms with Gasteiger partial charge in [-0.05, 0) is 31.4 Å². The maximum atomic E-state index is 5.37. The molecule has 0 atom stereocenters. The minimum absolute atomic E-state index is 0.297. The standard InChI is InChI=1S/C19H29N7O/c1-15(2)19-20-18(27-23-19)14-24-10-12-26(13-11-24)17-7-6-16(21-22-17)25-8-4-3-5-9-25/h6-7,15H,3-5,8-14H2,1-2H3. The Hall–Kier alpha value is -2.22. The van der Waals surface area contributed by atoms with Gasteiger partial charge in [0.1, 0.15) is 0 Å². The molecule has 4 rings (SSSR count). The minimum Gasteiger partial charge on any atom is -0.355 e. The molecule has 2 saturated heterocycles. The summed E-state index contributed by atoms with van der Waals surface area (Å²) in [5, 5.41) is 13.0. The van der Waals surface area contributed by atoms with Crippen LogP contribution in [0.4, 0.5) is 11.6 Å². The number of aromatic nitrogens is 4. The Morgan fingerprint density at radius 3 is 2.07 bits per heavy atom. The van der Waals surface area contributed by atoms with Crippen molar-refractivity contribution < 1.29 is 4.52 Å². The fourth-order valence-electron chi connectivity index (χ4n) is 3.67. The second-order valence-corrected chi connectivity index (χ2v) is 7.76. The molecule has 0 N–H and O–H groups in total. The van der Waals surface area contributed by atoms with Gasteiger partial charge in [0.25, 0.3) is 0 Å². The van der Waals surface area contributed by atoms with Crippen molar-refractivity contribution in [2.75, 3.05) is 49.1 Å². The first kappa shape index (κ1) is 18.2. The molecule has 0 aliphatic carbocycles. The maximum Gasteiger partial charge on any atom is 0.240 e. The Morgan fingerprint density at radius 2 is 1.52 bits per heavy atom. The first-order valence-electron chi connectivity index (χ1n) is 10.1. The molecule has 2 aliphatic heterocycles. The van der Waals surface area contributed by atoms with E-state index in [0.29, 0.717) is 18.4 Å². The Morgan fingerprint density at radius 1 is 0.889 bits per heavy atom. The Bertz CT molecular complexity index is 716. The minimum atomic E-state index is 0.297. The normalized spacial score (nSPS) is 19.1. The van der Waals surface area contributed by atoms with Gasteiger partial charge in [0, 0.05) is 45.2 Å². The number of anilines is 2. The number of hydrogen-bond acceptors (Lipinski definition) is 8. The molecule has 0 radical (unpaired) electrons. The lowest BCUT2D eigenvalue weighted by Crippen LogP contribution is -2.46. The molecule has 0 saturated carbocycles. The summed E-state index contributed by atoms with van der Waals surface area (Å²) in [6, 6.07) is 4.23. The lowest BCUT2D eigenvalue weighted by molar-refractivity contribution is 0.215. The van der Waals surface area contributed by atoms with Crippen LogP contribution in [0.15, 0.2) is 16.7 Å². The molecule has 8 heteroatoms.